The number of aromatic hydroxyl groups is 2. The quantitative estimate of drug-likeness (QED) is 0.777. The molecule has 0 aliphatic carbocycles. The van der Waals surface area contributed by atoms with E-state index in [1.165, 1.54) is 18.2 Å². The van der Waals surface area contributed by atoms with Crippen LogP contribution in [0.4, 0.5) is 0 Å². The van der Waals surface area contributed by atoms with Crippen LogP contribution in [0.3, 0.4) is 0 Å². The van der Waals surface area contributed by atoms with Gasteiger partial charge in [0.05, 0.1) is 11.3 Å². The molecule has 0 amide bonds. The average Bonchev–Trinajstić information content (AvgIpc) is 2.16. The number of benzene rings is 1. The van der Waals surface area contributed by atoms with Crippen LogP contribution in [0.1, 0.15) is 24.2 Å². The number of hydrogen-bond donors (Lipinski definition) is 2. The van der Waals surface area contributed by atoms with Gasteiger partial charge in [-0.1, -0.05) is 13.8 Å². The van der Waals surface area contributed by atoms with E-state index in [0.29, 0.717) is 11.7 Å². The van der Waals surface area contributed by atoms with Crippen LogP contribution in [0.15, 0.2) is 18.2 Å². The molecule has 16 heavy (non-hydrogen) atoms. The molecule has 88 valence electrons. The zero-order valence-corrected chi connectivity index (χ0v) is 10.3. The molecule has 0 bridgehead atoms. The number of rotatable bonds is 5. The van der Waals surface area contributed by atoms with Gasteiger partial charge in [-0.25, -0.2) is 0 Å². The van der Waals surface area contributed by atoms with Crippen molar-refractivity contribution in [3.05, 3.63) is 23.8 Å². The molecule has 0 saturated carbocycles. The predicted molar refractivity (Wildman–Crippen MR) is 66.3 cm³/mol. The highest BCUT2D eigenvalue weighted by molar-refractivity contribution is 7.99. The van der Waals surface area contributed by atoms with Gasteiger partial charge in [-0.2, -0.15) is 11.8 Å². The summed E-state index contributed by atoms with van der Waals surface area (Å²) in [5.41, 5.74) is 0.272. The zero-order chi connectivity index (χ0) is 12.1. The maximum absolute atomic E-state index is 11.7. The van der Waals surface area contributed by atoms with Crippen molar-refractivity contribution >= 4 is 17.5 Å². The number of carbonyl (C=O) groups is 1. The van der Waals surface area contributed by atoms with Gasteiger partial charge in [0.1, 0.15) is 11.5 Å². The van der Waals surface area contributed by atoms with E-state index >= 15 is 0 Å². The molecular weight excluding hydrogens is 224 g/mol. The number of thioether (sulfide) groups is 1. The summed E-state index contributed by atoms with van der Waals surface area (Å²) in [6, 6.07) is 4.03. The van der Waals surface area contributed by atoms with E-state index in [1.807, 2.05) is 0 Å². The minimum atomic E-state index is -0.157. The third kappa shape index (κ3) is 3.77. The van der Waals surface area contributed by atoms with Crippen molar-refractivity contribution in [1.29, 1.82) is 0 Å². The topological polar surface area (TPSA) is 57.5 Å². The van der Waals surface area contributed by atoms with Crippen LogP contribution in [0.2, 0.25) is 0 Å². The number of Topliss-reactive ketones (excluding diaryl/α,β-unsaturated/α-hetero) is 1. The fourth-order valence-electron chi connectivity index (χ4n) is 1.22. The Balaban J connectivity index is 2.59. The first kappa shape index (κ1) is 12.9. The van der Waals surface area contributed by atoms with Crippen molar-refractivity contribution in [3.63, 3.8) is 0 Å². The molecule has 0 atom stereocenters. The first-order chi connectivity index (χ1) is 7.50. The Kier molecular flexibility index (Phi) is 4.68. The maximum atomic E-state index is 11.7. The first-order valence-electron chi connectivity index (χ1n) is 5.13. The molecule has 0 aliphatic rings. The summed E-state index contributed by atoms with van der Waals surface area (Å²) in [6.45, 7) is 4.19. The Hall–Kier alpha value is -1.16. The van der Waals surface area contributed by atoms with Gasteiger partial charge in [0.25, 0.3) is 0 Å². The summed E-state index contributed by atoms with van der Waals surface area (Å²) in [4.78, 5) is 11.7. The fraction of sp³-hybridized carbons (Fsp3) is 0.417. The molecule has 1 aromatic carbocycles. The van der Waals surface area contributed by atoms with Crippen molar-refractivity contribution in [3.8, 4) is 11.5 Å². The van der Waals surface area contributed by atoms with Gasteiger partial charge < -0.3 is 10.2 Å². The Labute approximate surface area is 99.5 Å². The molecule has 0 aromatic heterocycles. The monoisotopic (exact) mass is 240 g/mol. The molecule has 0 unspecified atom stereocenters. The average molecular weight is 240 g/mol. The summed E-state index contributed by atoms with van der Waals surface area (Å²) in [6.07, 6.45) is 0. The summed E-state index contributed by atoms with van der Waals surface area (Å²) in [5, 5.41) is 18.6. The maximum Gasteiger partial charge on any atom is 0.176 e. The molecule has 1 aromatic rings. The highest BCUT2D eigenvalue weighted by atomic mass is 32.2. The van der Waals surface area contributed by atoms with E-state index in [9.17, 15) is 9.90 Å². The molecule has 0 saturated heterocycles. The van der Waals surface area contributed by atoms with Gasteiger partial charge in [0.2, 0.25) is 0 Å². The molecule has 0 fully saturated rings. The lowest BCUT2D eigenvalue weighted by Gasteiger charge is -2.05. The third-order valence-electron chi connectivity index (χ3n) is 1.97. The third-order valence-corrected chi connectivity index (χ3v) is 3.33. The van der Waals surface area contributed by atoms with E-state index in [4.69, 9.17) is 5.11 Å². The standard InChI is InChI=1S/C12H16O3S/c1-8(2)6-16-7-12(15)10-4-3-9(13)5-11(10)14/h3-5,8,13-14H,6-7H2,1-2H3. The normalized spacial score (nSPS) is 10.7. The van der Waals surface area contributed by atoms with E-state index < -0.39 is 0 Å². The molecule has 3 nitrogen and oxygen atoms in total. The summed E-state index contributed by atoms with van der Waals surface area (Å²) in [7, 11) is 0. The molecule has 0 heterocycles. The minimum absolute atomic E-state index is 0.0381. The van der Waals surface area contributed by atoms with Crippen molar-refractivity contribution in [1.82, 2.24) is 0 Å². The Morgan fingerprint density at radius 3 is 2.62 bits per heavy atom. The van der Waals surface area contributed by atoms with Gasteiger partial charge in [0, 0.05) is 6.07 Å². The minimum Gasteiger partial charge on any atom is -0.508 e. The van der Waals surface area contributed by atoms with Gasteiger partial charge in [0.15, 0.2) is 5.78 Å². The number of carbonyl (C=O) groups excluding carboxylic acids is 1. The van der Waals surface area contributed by atoms with Crippen LogP contribution in [-0.2, 0) is 0 Å². The number of phenolic OH excluding ortho intramolecular Hbond substituents is 2. The Bertz CT molecular complexity index is 375. The van der Waals surface area contributed by atoms with E-state index in [2.05, 4.69) is 13.8 Å². The molecule has 2 N–H and O–H groups in total. The van der Waals surface area contributed by atoms with Crippen LogP contribution < -0.4 is 0 Å². The lowest BCUT2D eigenvalue weighted by molar-refractivity contribution is 0.102. The van der Waals surface area contributed by atoms with E-state index in [-0.39, 0.29) is 22.8 Å². The number of phenols is 2. The number of hydrogen-bond acceptors (Lipinski definition) is 4. The van der Waals surface area contributed by atoms with Gasteiger partial charge in [-0.05, 0) is 23.8 Å². The summed E-state index contributed by atoms with van der Waals surface area (Å²) < 4.78 is 0. The lowest BCUT2D eigenvalue weighted by Crippen LogP contribution is -2.04. The SMILES string of the molecule is CC(C)CSCC(=O)c1ccc(O)cc1O. The molecular formula is C12H16O3S. The van der Waals surface area contributed by atoms with Crippen molar-refractivity contribution in [2.24, 2.45) is 5.92 Å². The molecule has 1 rings (SSSR count). The predicted octanol–water partition coefficient (Wildman–Crippen LogP) is 2.67. The highest BCUT2D eigenvalue weighted by Gasteiger charge is 2.11. The second-order valence-electron chi connectivity index (χ2n) is 4.03. The molecule has 0 aliphatic heterocycles. The smallest absolute Gasteiger partial charge is 0.176 e. The van der Waals surface area contributed by atoms with Crippen molar-refractivity contribution in [2.75, 3.05) is 11.5 Å². The van der Waals surface area contributed by atoms with Gasteiger partial charge >= 0.3 is 0 Å². The largest absolute Gasteiger partial charge is 0.508 e. The zero-order valence-electron chi connectivity index (χ0n) is 9.43. The fourth-order valence-corrected chi connectivity index (χ4v) is 2.15. The van der Waals surface area contributed by atoms with Gasteiger partial charge in [-0.3, -0.25) is 4.79 Å². The van der Waals surface area contributed by atoms with Crippen LogP contribution in [0.5, 0.6) is 11.5 Å². The van der Waals surface area contributed by atoms with Crippen LogP contribution in [0.25, 0.3) is 0 Å². The Morgan fingerprint density at radius 2 is 2.06 bits per heavy atom. The summed E-state index contributed by atoms with van der Waals surface area (Å²) >= 11 is 1.55. The second kappa shape index (κ2) is 5.80. The van der Waals surface area contributed by atoms with Gasteiger partial charge in [-0.15, -0.1) is 0 Å². The van der Waals surface area contributed by atoms with Crippen molar-refractivity contribution in [2.45, 2.75) is 13.8 Å². The first-order valence-corrected chi connectivity index (χ1v) is 6.29. The van der Waals surface area contributed by atoms with E-state index in [0.717, 1.165) is 5.75 Å². The van der Waals surface area contributed by atoms with Crippen LogP contribution in [-0.4, -0.2) is 27.5 Å². The Morgan fingerprint density at radius 1 is 1.38 bits per heavy atom. The second-order valence-corrected chi connectivity index (χ2v) is 5.06. The van der Waals surface area contributed by atoms with Crippen LogP contribution >= 0.6 is 11.8 Å². The van der Waals surface area contributed by atoms with E-state index in [1.54, 1.807) is 11.8 Å². The summed E-state index contributed by atoms with van der Waals surface area (Å²) in [5.74, 6) is 1.52. The number of ketones is 1. The molecule has 0 radical (unpaired) electrons. The molecule has 4 heteroatoms. The van der Waals surface area contributed by atoms with Crippen LogP contribution in [0, 0.1) is 5.92 Å². The lowest BCUT2D eigenvalue weighted by atomic mass is 10.1. The highest BCUT2D eigenvalue weighted by Crippen LogP contribution is 2.24. The van der Waals surface area contributed by atoms with Crippen molar-refractivity contribution < 1.29 is 15.0 Å². The molecule has 0 spiro atoms.